The summed E-state index contributed by atoms with van der Waals surface area (Å²) in [5.41, 5.74) is 0.577. The van der Waals surface area contributed by atoms with Gasteiger partial charge in [-0.05, 0) is 25.5 Å². The van der Waals surface area contributed by atoms with Crippen LogP contribution in [-0.2, 0) is 0 Å². The lowest BCUT2D eigenvalue weighted by atomic mass is 10.2. The van der Waals surface area contributed by atoms with Crippen molar-refractivity contribution in [3.63, 3.8) is 0 Å². The van der Waals surface area contributed by atoms with Gasteiger partial charge in [-0.15, -0.1) is 12.6 Å². The van der Waals surface area contributed by atoms with E-state index in [2.05, 4.69) is 12.6 Å². The van der Waals surface area contributed by atoms with Crippen molar-refractivity contribution in [1.82, 2.24) is 0 Å². The minimum Gasteiger partial charge on any atom is -0.488 e. The van der Waals surface area contributed by atoms with Gasteiger partial charge in [0.15, 0.2) is 0 Å². The number of rotatable bonds is 3. The zero-order valence-corrected chi connectivity index (χ0v) is 9.14. The molecule has 0 N–H and O–H groups in total. The van der Waals surface area contributed by atoms with Crippen LogP contribution in [0.25, 0.3) is 0 Å². The highest BCUT2D eigenvalue weighted by molar-refractivity contribution is 7.80. The number of halogens is 1. The Morgan fingerprint density at radius 2 is 2.21 bits per heavy atom. The fourth-order valence-corrected chi connectivity index (χ4v) is 1.31. The third-order valence-corrected chi connectivity index (χ3v) is 2.26. The minimum absolute atomic E-state index is 0.273. The van der Waals surface area contributed by atoms with Crippen molar-refractivity contribution in [3.8, 4) is 5.75 Å². The molecule has 0 radical (unpaired) electrons. The normalized spacial score (nSPS) is 10.9. The van der Waals surface area contributed by atoms with E-state index in [1.165, 1.54) is 0 Å². The van der Waals surface area contributed by atoms with Gasteiger partial charge in [0.1, 0.15) is 18.2 Å². The molecule has 0 saturated heterocycles. The van der Waals surface area contributed by atoms with Gasteiger partial charge in [-0.3, -0.25) is 0 Å². The number of benzene rings is 1. The average Bonchev–Trinajstić information content (AvgIpc) is 2.18. The predicted molar refractivity (Wildman–Crippen MR) is 58.7 cm³/mol. The molecule has 0 fully saturated rings. The maximum atomic E-state index is 13.3. The van der Waals surface area contributed by atoms with Crippen molar-refractivity contribution in [2.24, 2.45) is 0 Å². The van der Waals surface area contributed by atoms with Crippen LogP contribution in [0, 0.1) is 12.7 Å². The number of hydrogen-bond donors (Lipinski definition) is 1. The summed E-state index contributed by atoms with van der Waals surface area (Å²) in [7, 11) is 0. The highest BCUT2D eigenvalue weighted by Gasteiger charge is 2.07. The zero-order chi connectivity index (χ0) is 10.6. The second kappa shape index (κ2) is 5.05. The molecule has 0 aliphatic heterocycles. The van der Waals surface area contributed by atoms with Gasteiger partial charge >= 0.3 is 0 Å². The summed E-state index contributed by atoms with van der Waals surface area (Å²) < 4.78 is 18.6. The second-order valence-electron chi connectivity index (χ2n) is 2.92. The molecule has 0 saturated carbocycles. The maximum Gasteiger partial charge on any atom is 0.143 e. The third kappa shape index (κ3) is 2.51. The fourth-order valence-electron chi connectivity index (χ4n) is 0.998. The van der Waals surface area contributed by atoms with Crippen LogP contribution in [0.3, 0.4) is 0 Å². The van der Waals surface area contributed by atoms with Gasteiger partial charge in [0.25, 0.3) is 0 Å². The first kappa shape index (κ1) is 11.1. The Balaban J connectivity index is 2.83. The molecule has 0 atom stereocenters. The summed E-state index contributed by atoms with van der Waals surface area (Å²) in [5, 5.41) is 0. The van der Waals surface area contributed by atoms with Crippen molar-refractivity contribution in [2.45, 2.75) is 18.7 Å². The van der Waals surface area contributed by atoms with Crippen molar-refractivity contribution in [1.29, 1.82) is 0 Å². The topological polar surface area (TPSA) is 9.23 Å². The lowest BCUT2D eigenvalue weighted by molar-refractivity contribution is 0.349. The van der Waals surface area contributed by atoms with E-state index in [0.717, 1.165) is 0 Å². The Morgan fingerprint density at radius 1 is 1.50 bits per heavy atom. The molecule has 0 aliphatic carbocycles. The van der Waals surface area contributed by atoms with E-state index in [4.69, 9.17) is 4.74 Å². The summed E-state index contributed by atoms with van der Waals surface area (Å²) in [6.07, 6.45) is 3.73. The van der Waals surface area contributed by atoms with Crippen LogP contribution in [0.4, 0.5) is 4.39 Å². The highest BCUT2D eigenvalue weighted by atomic mass is 32.1. The van der Waals surface area contributed by atoms with E-state index in [1.807, 2.05) is 19.1 Å². The van der Waals surface area contributed by atoms with Crippen LogP contribution in [0.1, 0.15) is 12.5 Å². The van der Waals surface area contributed by atoms with Crippen LogP contribution in [0.5, 0.6) is 5.75 Å². The summed E-state index contributed by atoms with van der Waals surface area (Å²) in [4.78, 5) is 0.273. The van der Waals surface area contributed by atoms with Gasteiger partial charge in [-0.1, -0.05) is 18.2 Å². The highest BCUT2D eigenvalue weighted by Crippen LogP contribution is 2.27. The smallest absolute Gasteiger partial charge is 0.143 e. The lowest BCUT2D eigenvalue weighted by Crippen LogP contribution is -1.96. The maximum absolute atomic E-state index is 13.3. The largest absolute Gasteiger partial charge is 0.488 e. The number of hydrogen-bond acceptors (Lipinski definition) is 2. The summed E-state index contributed by atoms with van der Waals surface area (Å²) in [6.45, 7) is 4.04. The molecule has 3 heteroatoms. The van der Waals surface area contributed by atoms with Crippen LogP contribution in [0.15, 0.2) is 29.2 Å². The molecule has 1 nitrogen and oxygen atoms in total. The third-order valence-electron chi connectivity index (χ3n) is 1.84. The van der Waals surface area contributed by atoms with Crippen LogP contribution in [0.2, 0.25) is 0 Å². The molecule has 1 rings (SSSR count). The van der Waals surface area contributed by atoms with E-state index in [-0.39, 0.29) is 10.7 Å². The molecule has 76 valence electrons. The first-order chi connectivity index (χ1) is 6.66. The number of thiol groups is 1. The molecule has 0 spiro atoms. The Labute approximate surface area is 89.0 Å². The van der Waals surface area contributed by atoms with Crippen LogP contribution in [-0.4, -0.2) is 6.61 Å². The van der Waals surface area contributed by atoms with Gasteiger partial charge < -0.3 is 4.74 Å². The van der Waals surface area contributed by atoms with Gasteiger partial charge in [0, 0.05) is 0 Å². The van der Waals surface area contributed by atoms with Gasteiger partial charge in [-0.2, -0.15) is 0 Å². The van der Waals surface area contributed by atoms with Crippen LogP contribution >= 0.6 is 12.6 Å². The molecular formula is C11H13FOS. The van der Waals surface area contributed by atoms with Crippen molar-refractivity contribution in [2.75, 3.05) is 6.61 Å². The van der Waals surface area contributed by atoms with Crippen LogP contribution < -0.4 is 4.74 Å². The van der Waals surface area contributed by atoms with Crippen molar-refractivity contribution in [3.05, 3.63) is 35.7 Å². The Bertz CT molecular complexity index is 347. The van der Waals surface area contributed by atoms with Crippen molar-refractivity contribution < 1.29 is 9.13 Å². The fraction of sp³-hybridized carbons (Fsp3) is 0.273. The van der Waals surface area contributed by atoms with Gasteiger partial charge in [-0.25, -0.2) is 4.39 Å². The molecule has 0 bridgehead atoms. The molecule has 14 heavy (non-hydrogen) atoms. The van der Waals surface area contributed by atoms with Gasteiger partial charge in [0.2, 0.25) is 0 Å². The standard InChI is InChI=1S/C11H13FOS/c1-3-4-7-13-9-6-5-8(2)10(12)11(9)14/h3-6,14H,7H2,1-2H3/b4-3+. The van der Waals surface area contributed by atoms with E-state index in [1.54, 1.807) is 19.1 Å². The number of aryl methyl sites for hydroxylation is 1. The second-order valence-corrected chi connectivity index (χ2v) is 3.37. The molecular weight excluding hydrogens is 199 g/mol. The molecule has 1 aromatic rings. The number of ether oxygens (including phenoxy) is 1. The predicted octanol–water partition coefficient (Wildman–Crippen LogP) is 3.38. The molecule has 0 unspecified atom stereocenters. The van der Waals surface area contributed by atoms with Gasteiger partial charge in [0.05, 0.1) is 4.90 Å². The van der Waals surface area contributed by atoms with E-state index >= 15 is 0 Å². The Kier molecular flexibility index (Phi) is 4.01. The minimum atomic E-state index is -0.314. The number of allylic oxidation sites excluding steroid dienone is 1. The lowest BCUT2D eigenvalue weighted by Gasteiger charge is -2.08. The monoisotopic (exact) mass is 212 g/mol. The molecule has 1 aromatic carbocycles. The SMILES string of the molecule is C/C=C/COc1ccc(C)c(F)c1S. The first-order valence-electron chi connectivity index (χ1n) is 4.39. The van der Waals surface area contributed by atoms with E-state index < -0.39 is 0 Å². The summed E-state index contributed by atoms with van der Waals surface area (Å²) in [5.74, 6) is 0.167. The summed E-state index contributed by atoms with van der Waals surface area (Å²) in [6, 6.07) is 3.41. The van der Waals surface area contributed by atoms with E-state index in [9.17, 15) is 4.39 Å². The molecule has 0 heterocycles. The molecule has 0 aromatic heterocycles. The average molecular weight is 212 g/mol. The Morgan fingerprint density at radius 3 is 2.86 bits per heavy atom. The Hall–Kier alpha value is -0.960. The molecule has 0 amide bonds. The van der Waals surface area contributed by atoms with Crippen molar-refractivity contribution >= 4 is 12.6 Å². The first-order valence-corrected chi connectivity index (χ1v) is 4.83. The van der Waals surface area contributed by atoms with E-state index in [0.29, 0.717) is 17.9 Å². The zero-order valence-electron chi connectivity index (χ0n) is 8.25. The molecule has 0 aliphatic rings. The summed E-state index contributed by atoms with van der Waals surface area (Å²) >= 11 is 4.06. The quantitative estimate of drug-likeness (QED) is 0.597.